The quantitative estimate of drug-likeness (QED) is 0.567. The molecule has 1 aliphatic rings. The van der Waals surface area contributed by atoms with Crippen molar-refractivity contribution in [3.63, 3.8) is 0 Å². The van der Waals surface area contributed by atoms with Crippen molar-refractivity contribution in [2.24, 2.45) is 12.0 Å². The highest BCUT2D eigenvalue weighted by molar-refractivity contribution is 5.81. The highest BCUT2D eigenvalue weighted by Crippen LogP contribution is 2.08. The number of hydrogen-bond donors (Lipinski definition) is 3. The lowest BCUT2D eigenvalue weighted by Crippen LogP contribution is -2.33. The van der Waals surface area contributed by atoms with Gasteiger partial charge in [-0.15, -0.1) is 0 Å². The van der Waals surface area contributed by atoms with Crippen LogP contribution in [0.25, 0.3) is 0 Å². The van der Waals surface area contributed by atoms with Crippen LogP contribution in [0, 0.1) is 0 Å². The van der Waals surface area contributed by atoms with Gasteiger partial charge >= 0.3 is 0 Å². The Morgan fingerprint density at radius 2 is 2.57 bits per heavy atom. The molecule has 6 nitrogen and oxygen atoms in total. The van der Waals surface area contributed by atoms with Gasteiger partial charge in [-0.25, -0.2) is 0 Å². The zero-order valence-corrected chi connectivity index (χ0v) is 8.12. The van der Waals surface area contributed by atoms with E-state index in [0.29, 0.717) is 12.4 Å². The van der Waals surface area contributed by atoms with Crippen LogP contribution in [0.2, 0.25) is 0 Å². The fourth-order valence-electron chi connectivity index (χ4n) is 1.32. The number of nitrogen functional groups attached to an aromatic ring is 1. The molecule has 0 amide bonds. The number of nitrogens with one attached hydrogen (secondary N) is 2. The van der Waals surface area contributed by atoms with E-state index in [1.165, 1.54) is 0 Å². The van der Waals surface area contributed by atoms with Gasteiger partial charge in [0.05, 0.1) is 12.7 Å². The van der Waals surface area contributed by atoms with Gasteiger partial charge < -0.3 is 16.4 Å². The number of aliphatic imine (C=N–C) groups is 1. The van der Waals surface area contributed by atoms with Crippen LogP contribution < -0.4 is 16.4 Å². The van der Waals surface area contributed by atoms with Gasteiger partial charge in [-0.05, 0) is 0 Å². The monoisotopic (exact) mass is 194 g/mol. The van der Waals surface area contributed by atoms with Gasteiger partial charge in [0.25, 0.3) is 0 Å². The molecule has 0 unspecified atom stereocenters. The maximum atomic E-state index is 5.79. The van der Waals surface area contributed by atoms with Crippen LogP contribution in [0.5, 0.6) is 0 Å². The first-order valence-electron chi connectivity index (χ1n) is 4.56. The van der Waals surface area contributed by atoms with Crippen molar-refractivity contribution in [2.45, 2.75) is 6.54 Å². The summed E-state index contributed by atoms with van der Waals surface area (Å²) in [5, 5.41) is 10.3. The third kappa shape index (κ3) is 1.63. The van der Waals surface area contributed by atoms with Crippen LogP contribution in [0.15, 0.2) is 11.2 Å². The molecule has 0 saturated carbocycles. The molecular formula is C8H14N6. The topological polar surface area (TPSA) is 80.3 Å². The molecule has 0 fully saturated rings. The molecular weight excluding hydrogens is 180 g/mol. The van der Waals surface area contributed by atoms with Crippen molar-refractivity contribution in [1.29, 1.82) is 0 Å². The summed E-state index contributed by atoms with van der Waals surface area (Å²) in [5.41, 5.74) is 6.78. The van der Waals surface area contributed by atoms with E-state index in [1.54, 1.807) is 10.9 Å². The normalized spacial score (nSPS) is 15.1. The number of hydrogen-bond acceptors (Lipinski definition) is 5. The SMILES string of the molecule is Cn1ncc(CNC2=NCCN2)c1N. The van der Waals surface area contributed by atoms with E-state index < -0.39 is 0 Å². The zero-order chi connectivity index (χ0) is 9.97. The van der Waals surface area contributed by atoms with Crippen LogP contribution in [-0.4, -0.2) is 28.8 Å². The van der Waals surface area contributed by atoms with E-state index >= 15 is 0 Å². The van der Waals surface area contributed by atoms with E-state index in [2.05, 4.69) is 20.7 Å². The van der Waals surface area contributed by atoms with Gasteiger partial charge in [0.15, 0.2) is 5.96 Å². The maximum absolute atomic E-state index is 5.79. The molecule has 0 spiro atoms. The van der Waals surface area contributed by atoms with Crippen molar-refractivity contribution in [3.05, 3.63) is 11.8 Å². The summed E-state index contributed by atoms with van der Waals surface area (Å²) < 4.78 is 1.65. The van der Waals surface area contributed by atoms with Crippen LogP contribution in [-0.2, 0) is 13.6 Å². The molecule has 1 aromatic heterocycles. The molecule has 0 aromatic carbocycles. The van der Waals surface area contributed by atoms with Gasteiger partial charge in [-0.3, -0.25) is 9.67 Å². The lowest BCUT2D eigenvalue weighted by atomic mass is 10.3. The Bertz CT molecular complexity index is 353. The molecule has 6 heteroatoms. The molecule has 0 atom stereocenters. The standard InChI is InChI=1S/C8H14N6/c1-14-7(9)6(5-13-14)4-12-8-10-2-3-11-8/h5H,2-4,9H2,1H3,(H2,10,11,12). The number of rotatable bonds is 2. The molecule has 0 radical (unpaired) electrons. The van der Waals surface area contributed by atoms with Crippen molar-refractivity contribution < 1.29 is 0 Å². The van der Waals surface area contributed by atoms with E-state index in [9.17, 15) is 0 Å². The van der Waals surface area contributed by atoms with Gasteiger partial charge in [0.2, 0.25) is 0 Å². The first-order chi connectivity index (χ1) is 6.77. The van der Waals surface area contributed by atoms with Crippen molar-refractivity contribution in [2.75, 3.05) is 18.8 Å². The van der Waals surface area contributed by atoms with Crippen molar-refractivity contribution in [3.8, 4) is 0 Å². The Balaban J connectivity index is 1.94. The number of nitrogens with zero attached hydrogens (tertiary/aromatic N) is 3. The molecule has 76 valence electrons. The summed E-state index contributed by atoms with van der Waals surface area (Å²) in [6, 6.07) is 0. The summed E-state index contributed by atoms with van der Waals surface area (Å²) in [6.07, 6.45) is 1.76. The molecule has 14 heavy (non-hydrogen) atoms. The molecule has 1 aromatic rings. The van der Waals surface area contributed by atoms with Crippen LogP contribution >= 0.6 is 0 Å². The Labute approximate surface area is 82.2 Å². The second-order valence-electron chi connectivity index (χ2n) is 3.19. The molecule has 0 saturated heterocycles. The molecule has 1 aliphatic heterocycles. The molecule has 0 bridgehead atoms. The summed E-state index contributed by atoms with van der Waals surface area (Å²) in [5.74, 6) is 1.53. The van der Waals surface area contributed by atoms with E-state index in [4.69, 9.17) is 5.73 Å². The Hall–Kier alpha value is -1.72. The predicted molar refractivity (Wildman–Crippen MR) is 54.8 cm³/mol. The largest absolute Gasteiger partial charge is 0.384 e. The minimum Gasteiger partial charge on any atom is -0.384 e. The summed E-state index contributed by atoms with van der Waals surface area (Å²) in [4.78, 5) is 4.21. The van der Waals surface area contributed by atoms with Gasteiger partial charge in [-0.2, -0.15) is 5.10 Å². The molecule has 2 rings (SSSR count). The second-order valence-corrected chi connectivity index (χ2v) is 3.19. The van der Waals surface area contributed by atoms with Crippen LogP contribution in [0.1, 0.15) is 5.56 Å². The summed E-state index contributed by atoms with van der Waals surface area (Å²) in [7, 11) is 1.82. The summed E-state index contributed by atoms with van der Waals surface area (Å²) >= 11 is 0. The molecule has 2 heterocycles. The number of aromatic nitrogens is 2. The first-order valence-corrected chi connectivity index (χ1v) is 4.56. The number of nitrogens with two attached hydrogens (primary N) is 1. The smallest absolute Gasteiger partial charge is 0.191 e. The highest BCUT2D eigenvalue weighted by atomic mass is 15.3. The van der Waals surface area contributed by atoms with E-state index in [1.807, 2.05) is 7.05 Å². The predicted octanol–water partition coefficient (Wildman–Crippen LogP) is -0.949. The Morgan fingerprint density at radius 1 is 1.71 bits per heavy atom. The Kier molecular flexibility index (Phi) is 2.26. The minimum absolute atomic E-state index is 0.658. The van der Waals surface area contributed by atoms with Crippen LogP contribution in [0.3, 0.4) is 0 Å². The average molecular weight is 194 g/mol. The maximum Gasteiger partial charge on any atom is 0.191 e. The van der Waals surface area contributed by atoms with Gasteiger partial charge in [0.1, 0.15) is 5.82 Å². The zero-order valence-electron chi connectivity index (χ0n) is 8.12. The lowest BCUT2D eigenvalue weighted by molar-refractivity contribution is 0.778. The number of aryl methyl sites for hydroxylation is 1. The third-order valence-electron chi connectivity index (χ3n) is 2.18. The number of guanidine groups is 1. The van der Waals surface area contributed by atoms with Gasteiger partial charge in [-0.1, -0.05) is 0 Å². The summed E-state index contributed by atoms with van der Waals surface area (Å²) in [6.45, 7) is 2.40. The van der Waals surface area contributed by atoms with Crippen LogP contribution in [0.4, 0.5) is 5.82 Å². The highest BCUT2D eigenvalue weighted by Gasteiger charge is 2.07. The van der Waals surface area contributed by atoms with E-state index in [0.717, 1.165) is 24.6 Å². The third-order valence-corrected chi connectivity index (χ3v) is 2.18. The number of anilines is 1. The van der Waals surface area contributed by atoms with E-state index in [-0.39, 0.29) is 0 Å². The Morgan fingerprint density at radius 3 is 3.14 bits per heavy atom. The average Bonchev–Trinajstić information content (AvgIpc) is 2.77. The van der Waals surface area contributed by atoms with Crippen molar-refractivity contribution in [1.82, 2.24) is 20.4 Å². The molecule has 4 N–H and O–H groups in total. The fourth-order valence-corrected chi connectivity index (χ4v) is 1.32. The second kappa shape index (κ2) is 3.57. The van der Waals surface area contributed by atoms with Crippen molar-refractivity contribution >= 4 is 11.8 Å². The fraction of sp³-hybridized carbons (Fsp3) is 0.500. The lowest BCUT2D eigenvalue weighted by Gasteiger charge is -2.05. The van der Waals surface area contributed by atoms with Gasteiger partial charge in [0, 0.05) is 25.7 Å². The molecule has 0 aliphatic carbocycles. The minimum atomic E-state index is 0.658. The first kappa shape index (κ1) is 8.86.